The van der Waals surface area contributed by atoms with Crippen LogP contribution in [-0.4, -0.2) is 42.3 Å². The van der Waals surface area contributed by atoms with Crippen LogP contribution in [0.25, 0.3) is 6.08 Å². The monoisotopic (exact) mass is 421 g/mol. The van der Waals surface area contributed by atoms with E-state index in [1.165, 1.54) is 0 Å². The number of nitrogens with zero attached hydrogens (tertiary/aromatic N) is 1. The lowest BCUT2D eigenvalue weighted by molar-refractivity contribution is -0.151. The number of piperidine rings is 1. The number of benzene rings is 2. The van der Waals surface area contributed by atoms with E-state index in [0.29, 0.717) is 13.0 Å². The minimum Gasteiger partial charge on any atom is -0.497 e. The normalized spacial score (nSPS) is 25.8. The standard InChI is InChI=1S/C26H31NO4/c1-30-20-13-10-19(11-14-20)12-15-24(28)27-18-17-26(29)16-6-5-8-22(26)25(27)21-7-3-4-9-23(21)31-2/h3-4,7,9-15,22,25,29H,5-6,8,16-18H2,1-2H3/b15-12+/t22-,25+,26+/m1/s1. The van der Waals surface area contributed by atoms with E-state index < -0.39 is 5.60 Å². The number of para-hydroxylation sites is 1. The molecule has 0 bridgehead atoms. The average Bonchev–Trinajstić information content (AvgIpc) is 2.81. The molecule has 4 rings (SSSR count). The minimum atomic E-state index is -0.722. The largest absolute Gasteiger partial charge is 0.497 e. The van der Waals surface area contributed by atoms with E-state index in [2.05, 4.69) is 0 Å². The van der Waals surface area contributed by atoms with Crippen LogP contribution in [-0.2, 0) is 4.79 Å². The Morgan fingerprint density at radius 3 is 2.58 bits per heavy atom. The van der Waals surface area contributed by atoms with Gasteiger partial charge in [-0.25, -0.2) is 0 Å². The zero-order chi connectivity index (χ0) is 21.8. The maximum atomic E-state index is 13.3. The van der Waals surface area contributed by atoms with Crippen molar-refractivity contribution in [1.29, 1.82) is 0 Å². The average molecular weight is 422 g/mol. The summed E-state index contributed by atoms with van der Waals surface area (Å²) >= 11 is 0. The maximum absolute atomic E-state index is 13.3. The Labute approximate surface area is 184 Å². The number of hydrogen-bond acceptors (Lipinski definition) is 4. The summed E-state index contributed by atoms with van der Waals surface area (Å²) in [6.07, 6.45) is 7.91. The summed E-state index contributed by atoms with van der Waals surface area (Å²) in [4.78, 5) is 15.3. The van der Waals surface area contributed by atoms with E-state index in [1.807, 2.05) is 59.5 Å². The number of hydrogen-bond donors (Lipinski definition) is 1. The van der Waals surface area contributed by atoms with Crippen molar-refractivity contribution in [2.45, 2.75) is 43.7 Å². The van der Waals surface area contributed by atoms with Crippen molar-refractivity contribution >= 4 is 12.0 Å². The molecule has 5 nitrogen and oxygen atoms in total. The molecule has 1 saturated heterocycles. The van der Waals surface area contributed by atoms with Crippen LogP contribution in [0.3, 0.4) is 0 Å². The van der Waals surface area contributed by atoms with Gasteiger partial charge in [-0.15, -0.1) is 0 Å². The summed E-state index contributed by atoms with van der Waals surface area (Å²) < 4.78 is 10.8. The maximum Gasteiger partial charge on any atom is 0.247 e. The number of likely N-dealkylation sites (tertiary alicyclic amines) is 1. The predicted molar refractivity (Wildman–Crippen MR) is 121 cm³/mol. The first-order valence-corrected chi connectivity index (χ1v) is 11.0. The molecule has 0 radical (unpaired) electrons. The summed E-state index contributed by atoms with van der Waals surface area (Å²) in [5.74, 6) is 1.51. The number of aliphatic hydroxyl groups is 1. The van der Waals surface area contributed by atoms with E-state index in [-0.39, 0.29) is 17.9 Å². The van der Waals surface area contributed by atoms with Gasteiger partial charge in [0.1, 0.15) is 11.5 Å². The summed E-state index contributed by atoms with van der Waals surface area (Å²) in [7, 11) is 3.29. The highest BCUT2D eigenvalue weighted by atomic mass is 16.5. The highest BCUT2D eigenvalue weighted by Crippen LogP contribution is 2.50. The smallest absolute Gasteiger partial charge is 0.247 e. The molecule has 0 spiro atoms. The molecular formula is C26H31NO4. The van der Waals surface area contributed by atoms with Crippen LogP contribution in [0.5, 0.6) is 11.5 Å². The number of methoxy groups -OCH3 is 2. The molecule has 2 aromatic carbocycles. The molecule has 31 heavy (non-hydrogen) atoms. The summed E-state index contributed by atoms with van der Waals surface area (Å²) in [5.41, 5.74) is 1.19. The van der Waals surface area contributed by atoms with Gasteiger partial charge < -0.3 is 19.5 Å². The molecule has 1 saturated carbocycles. The lowest BCUT2D eigenvalue weighted by atomic mass is 9.66. The van der Waals surface area contributed by atoms with Gasteiger partial charge in [0.15, 0.2) is 0 Å². The predicted octanol–water partition coefficient (Wildman–Crippen LogP) is 4.61. The number of carbonyl (C=O) groups excluding carboxylic acids is 1. The first-order chi connectivity index (χ1) is 15.1. The molecule has 1 N–H and O–H groups in total. The van der Waals surface area contributed by atoms with Crippen LogP contribution in [0.2, 0.25) is 0 Å². The van der Waals surface area contributed by atoms with Crippen LogP contribution < -0.4 is 9.47 Å². The second-order valence-corrected chi connectivity index (χ2v) is 8.53. The first-order valence-electron chi connectivity index (χ1n) is 11.0. The Morgan fingerprint density at radius 2 is 1.84 bits per heavy atom. The first kappa shape index (κ1) is 21.4. The Morgan fingerprint density at radius 1 is 1.06 bits per heavy atom. The van der Waals surface area contributed by atoms with Crippen molar-refractivity contribution < 1.29 is 19.4 Å². The molecule has 1 aliphatic carbocycles. The molecule has 1 aliphatic heterocycles. The molecule has 2 fully saturated rings. The van der Waals surface area contributed by atoms with Gasteiger partial charge in [0.05, 0.1) is 25.9 Å². The Balaban J connectivity index is 1.65. The molecule has 0 aromatic heterocycles. The summed E-state index contributed by atoms with van der Waals surface area (Å²) in [6.45, 7) is 0.529. The third-order valence-corrected chi connectivity index (χ3v) is 6.84. The van der Waals surface area contributed by atoms with Gasteiger partial charge in [-0.2, -0.15) is 0 Å². The number of ether oxygens (including phenoxy) is 2. The quantitative estimate of drug-likeness (QED) is 0.716. The van der Waals surface area contributed by atoms with Gasteiger partial charge in [0.25, 0.3) is 0 Å². The summed E-state index contributed by atoms with van der Waals surface area (Å²) in [5, 5.41) is 11.4. The molecule has 2 aliphatic rings. The van der Waals surface area contributed by atoms with Gasteiger partial charge >= 0.3 is 0 Å². The van der Waals surface area contributed by atoms with Gasteiger partial charge in [-0.3, -0.25) is 4.79 Å². The van der Waals surface area contributed by atoms with Crippen LogP contribution in [0.4, 0.5) is 0 Å². The lowest BCUT2D eigenvalue weighted by Crippen LogP contribution is -2.56. The Hall–Kier alpha value is -2.79. The number of rotatable bonds is 5. The molecular weight excluding hydrogens is 390 g/mol. The molecule has 3 atom stereocenters. The fourth-order valence-corrected chi connectivity index (χ4v) is 5.20. The van der Waals surface area contributed by atoms with Gasteiger partial charge in [0, 0.05) is 24.1 Å². The van der Waals surface area contributed by atoms with Crippen molar-refractivity contribution in [1.82, 2.24) is 4.90 Å². The number of fused-ring (bicyclic) bond motifs is 1. The minimum absolute atomic E-state index is 0.00429. The van der Waals surface area contributed by atoms with Crippen molar-refractivity contribution in [3.05, 3.63) is 65.7 Å². The van der Waals surface area contributed by atoms with E-state index in [1.54, 1.807) is 20.3 Å². The fourth-order valence-electron chi connectivity index (χ4n) is 5.20. The van der Waals surface area contributed by atoms with Crippen LogP contribution in [0, 0.1) is 5.92 Å². The van der Waals surface area contributed by atoms with Gasteiger partial charge in [-0.05, 0) is 49.1 Å². The SMILES string of the molecule is COc1ccc(/C=C/C(=O)N2CC[C@@]3(O)CCCC[C@@H]3[C@@H]2c2ccccc2OC)cc1. The topological polar surface area (TPSA) is 59.0 Å². The highest BCUT2D eigenvalue weighted by Gasteiger charge is 2.50. The van der Waals surface area contributed by atoms with Gasteiger partial charge in [-0.1, -0.05) is 43.2 Å². The number of amides is 1. The molecule has 1 amide bonds. The molecule has 2 aromatic rings. The third kappa shape index (κ3) is 4.33. The van der Waals surface area contributed by atoms with Crippen LogP contribution in [0.1, 0.15) is 49.3 Å². The zero-order valence-electron chi connectivity index (χ0n) is 18.3. The van der Waals surface area contributed by atoms with Crippen molar-refractivity contribution in [2.75, 3.05) is 20.8 Å². The third-order valence-electron chi connectivity index (χ3n) is 6.84. The summed E-state index contributed by atoms with van der Waals surface area (Å²) in [6, 6.07) is 15.3. The molecule has 0 unspecified atom stereocenters. The van der Waals surface area contributed by atoms with E-state index in [0.717, 1.165) is 48.3 Å². The van der Waals surface area contributed by atoms with Crippen LogP contribution in [0.15, 0.2) is 54.6 Å². The Bertz CT molecular complexity index is 939. The number of carbonyl (C=O) groups is 1. The van der Waals surface area contributed by atoms with E-state index in [4.69, 9.17) is 9.47 Å². The second kappa shape index (κ2) is 9.15. The van der Waals surface area contributed by atoms with E-state index >= 15 is 0 Å². The van der Waals surface area contributed by atoms with E-state index in [9.17, 15) is 9.90 Å². The molecule has 1 heterocycles. The lowest BCUT2D eigenvalue weighted by Gasteiger charge is -2.52. The molecule has 164 valence electrons. The Kier molecular flexibility index (Phi) is 6.33. The van der Waals surface area contributed by atoms with Crippen LogP contribution >= 0.6 is 0 Å². The van der Waals surface area contributed by atoms with Crippen molar-refractivity contribution in [3.8, 4) is 11.5 Å². The zero-order valence-corrected chi connectivity index (χ0v) is 18.3. The molecule has 5 heteroatoms. The second-order valence-electron chi connectivity index (χ2n) is 8.53. The van der Waals surface area contributed by atoms with Crippen molar-refractivity contribution in [3.63, 3.8) is 0 Å². The fraction of sp³-hybridized carbons (Fsp3) is 0.423. The van der Waals surface area contributed by atoms with Crippen molar-refractivity contribution in [2.24, 2.45) is 5.92 Å². The van der Waals surface area contributed by atoms with Gasteiger partial charge in [0.2, 0.25) is 5.91 Å². The highest BCUT2D eigenvalue weighted by molar-refractivity contribution is 5.92.